The van der Waals surface area contributed by atoms with Crippen molar-refractivity contribution in [3.8, 4) is 0 Å². The zero-order valence-corrected chi connectivity index (χ0v) is 13.8. The third-order valence-electron chi connectivity index (χ3n) is 3.31. The van der Waals surface area contributed by atoms with Crippen LogP contribution in [0.1, 0.15) is 37.6 Å². The van der Waals surface area contributed by atoms with Gasteiger partial charge < -0.3 is 10.6 Å². The fraction of sp³-hybridized carbons (Fsp3) is 0.571. The molecule has 0 aliphatic heterocycles. The van der Waals surface area contributed by atoms with E-state index in [1.807, 2.05) is 6.92 Å². The lowest BCUT2D eigenvalue weighted by Crippen LogP contribution is -2.43. The topological polar surface area (TPSA) is 88.2 Å². The molecule has 0 unspecified atom stereocenters. The molecule has 0 spiro atoms. The standard InChI is InChI=1S/C14H23N3O3S/c1-5-7-16-12-6-8-15-9-11(12)13(18)17-10-14(2,3)21(4,19)20/h6,8-9H,5,7,10H2,1-4H3,(H,15,16)(H,17,18). The lowest BCUT2D eigenvalue weighted by atomic mass is 10.2. The zero-order valence-electron chi connectivity index (χ0n) is 12.9. The summed E-state index contributed by atoms with van der Waals surface area (Å²) in [5, 5.41) is 5.82. The number of rotatable bonds is 7. The van der Waals surface area contributed by atoms with Crippen molar-refractivity contribution in [2.75, 3.05) is 24.7 Å². The molecule has 0 saturated carbocycles. The third kappa shape index (κ3) is 4.70. The van der Waals surface area contributed by atoms with Crippen LogP contribution in [-0.4, -0.2) is 43.4 Å². The summed E-state index contributed by atoms with van der Waals surface area (Å²) in [4.78, 5) is 16.2. The molecule has 1 aromatic heterocycles. The monoisotopic (exact) mass is 313 g/mol. The van der Waals surface area contributed by atoms with Gasteiger partial charge in [0.05, 0.1) is 16.0 Å². The van der Waals surface area contributed by atoms with Gasteiger partial charge in [0.1, 0.15) is 0 Å². The first-order valence-corrected chi connectivity index (χ1v) is 8.74. The molecule has 1 heterocycles. The Morgan fingerprint density at radius 2 is 2.05 bits per heavy atom. The second-order valence-corrected chi connectivity index (χ2v) is 8.21. The Kier molecular flexibility index (Phi) is 5.71. The first kappa shape index (κ1) is 17.4. The quantitative estimate of drug-likeness (QED) is 0.795. The molecule has 2 N–H and O–H groups in total. The van der Waals surface area contributed by atoms with Crippen molar-refractivity contribution in [1.82, 2.24) is 10.3 Å². The number of nitrogens with zero attached hydrogens (tertiary/aromatic N) is 1. The number of pyridine rings is 1. The maximum absolute atomic E-state index is 12.2. The number of carbonyl (C=O) groups excluding carboxylic acids is 1. The summed E-state index contributed by atoms with van der Waals surface area (Å²) in [7, 11) is -3.25. The molecule has 1 rings (SSSR count). The van der Waals surface area contributed by atoms with Crippen LogP contribution in [0.25, 0.3) is 0 Å². The van der Waals surface area contributed by atoms with E-state index in [9.17, 15) is 13.2 Å². The summed E-state index contributed by atoms with van der Waals surface area (Å²) in [6.45, 7) is 6.00. The molecule has 1 amide bonds. The molecule has 0 aliphatic carbocycles. The van der Waals surface area contributed by atoms with Crippen LogP contribution in [0.2, 0.25) is 0 Å². The summed E-state index contributed by atoms with van der Waals surface area (Å²) in [6.07, 6.45) is 5.18. The van der Waals surface area contributed by atoms with Gasteiger partial charge in [-0.05, 0) is 26.3 Å². The molecule has 0 radical (unpaired) electrons. The van der Waals surface area contributed by atoms with Gasteiger partial charge in [-0.1, -0.05) is 6.92 Å². The molecule has 118 valence electrons. The van der Waals surface area contributed by atoms with Crippen LogP contribution in [0.4, 0.5) is 5.69 Å². The Balaban J connectivity index is 2.81. The van der Waals surface area contributed by atoms with E-state index in [0.29, 0.717) is 11.3 Å². The predicted octanol–water partition coefficient (Wildman–Crippen LogP) is 1.46. The maximum Gasteiger partial charge on any atom is 0.255 e. The number of carbonyl (C=O) groups is 1. The average Bonchev–Trinajstić information content (AvgIpc) is 2.41. The second kappa shape index (κ2) is 6.89. The van der Waals surface area contributed by atoms with Crippen LogP contribution < -0.4 is 10.6 Å². The van der Waals surface area contributed by atoms with E-state index in [2.05, 4.69) is 15.6 Å². The summed E-state index contributed by atoms with van der Waals surface area (Å²) in [5.74, 6) is -0.335. The van der Waals surface area contributed by atoms with Gasteiger partial charge in [0.25, 0.3) is 5.91 Å². The van der Waals surface area contributed by atoms with E-state index >= 15 is 0 Å². The molecule has 6 nitrogen and oxygen atoms in total. The van der Waals surface area contributed by atoms with Crippen molar-refractivity contribution in [2.45, 2.75) is 31.9 Å². The van der Waals surface area contributed by atoms with Crippen LogP contribution in [0.15, 0.2) is 18.5 Å². The summed E-state index contributed by atoms with van der Waals surface area (Å²) < 4.78 is 22.3. The third-order valence-corrected chi connectivity index (χ3v) is 5.46. The number of aromatic nitrogens is 1. The highest BCUT2D eigenvalue weighted by atomic mass is 32.2. The van der Waals surface area contributed by atoms with Crippen molar-refractivity contribution in [2.24, 2.45) is 0 Å². The van der Waals surface area contributed by atoms with Crippen LogP contribution in [0.3, 0.4) is 0 Å². The number of nitrogens with one attached hydrogen (secondary N) is 2. The Labute approximate surface area is 126 Å². The molecule has 0 bridgehead atoms. The van der Waals surface area contributed by atoms with Crippen molar-refractivity contribution in [1.29, 1.82) is 0 Å². The van der Waals surface area contributed by atoms with Gasteiger partial charge in [0, 0.05) is 31.7 Å². The summed E-state index contributed by atoms with van der Waals surface area (Å²) in [5.41, 5.74) is 1.11. The Bertz CT molecular complexity index is 597. The van der Waals surface area contributed by atoms with Gasteiger partial charge >= 0.3 is 0 Å². The first-order chi connectivity index (χ1) is 9.69. The highest BCUT2D eigenvalue weighted by Gasteiger charge is 2.30. The van der Waals surface area contributed by atoms with Crippen molar-refractivity contribution < 1.29 is 13.2 Å². The summed E-state index contributed by atoms with van der Waals surface area (Å²) >= 11 is 0. The van der Waals surface area contributed by atoms with E-state index in [1.165, 1.54) is 6.20 Å². The molecule has 7 heteroatoms. The Hall–Kier alpha value is -1.63. The molecule has 0 saturated heterocycles. The van der Waals surface area contributed by atoms with Gasteiger partial charge in [0.2, 0.25) is 0 Å². The van der Waals surface area contributed by atoms with Crippen LogP contribution >= 0.6 is 0 Å². The Morgan fingerprint density at radius 3 is 2.62 bits per heavy atom. The van der Waals surface area contributed by atoms with Gasteiger partial charge in [-0.25, -0.2) is 8.42 Å². The molecular weight excluding hydrogens is 290 g/mol. The number of sulfone groups is 1. The largest absolute Gasteiger partial charge is 0.384 e. The fourth-order valence-corrected chi connectivity index (χ4v) is 1.84. The minimum absolute atomic E-state index is 0.0484. The van der Waals surface area contributed by atoms with Gasteiger partial charge in [-0.3, -0.25) is 9.78 Å². The normalized spacial score (nSPS) is 12.0. The minimum atomic E-state index is -3.25. The molecule has 0 aromatic carbocycles. The van der Waals surface area contributed by atoms with Crippen molar-refractivity contribution >= 4 is 21.4 Å². The first-order valence-electron chi connectivity index (χ1n) is 6.84. The molecular formula is C14H23N3O3S. The van der Waals surface area contributed by atoms with Gasteiger partial charge in [0.15, 0.2) is 9.84 Å². The van der Waals surface area contributed by atoms with E-state index in [1.54, 1.807) is 26.1 Å². The Morgan fingerprint density at radius 1 is 1.38 bits per heavy atom. The maximum atomic E-state index is 12.2. The molecule has 1 aromatic rings. The molecule has 0 aliphatic rings. The van der Waals surface area contributed by atoms with E-state index in [-0.39, 0.29) is 12.5 Å². The molecule has 0 fully saturated rings. The van der Waals surface area contributed by atoms with Crippen LogP contribution in [0, 0.1) is 0 Å². The summed E-state index contributed by atoms with van der Waals surface area (Å²) in [6, 6.07) is 1.73. The van der Waals surface area contributed by atoms with Crippen LogP contribution in [-0.2, 0) is 9.84 Å². The van der Waals surface area contributed by atoms with Crippen molar-refractivity contribution in [3.05, 3.63) is 24.0 Å². The lowest BCUT2D eigenvalue weighted by molar-refractivity contribution is 0.0951. The predicted molar refractivity (Wildman–Crippen MR) is 84.3 cm³/mol. The number of anilines is 1. The van der Waals surface area contributed by atoms with E-state index < -0.39 is 14.6 Å². The smallest absolute Gasteiger partial charge is 0.255 e. The second-order valence-electron chi connectivity index (χ2n) is 5.56. The molecule has 21 heavy (non-hydrogen) atoms. The number of hydrogen-bond donors (Lipinski definition) is 2. The fourth-order valence-electron chi connectivity index (χ4n) is 1.51. The van der Waals surface area contributed by atoms with E-state index in [0.717, 1.165) is 19.2 Å². The zero-order chi connectivity index (χ0) is 16.1. The average molecular weight is 313 g/mol. The SMILES string of the molecule is CCCNc1ccncc1C(=O)NCC(C)(C)S(C)(=O)=O. The minimum Gasteiger partial charge on any atom is -0.384 e. The van der Waals surface area contributed by atoms with E-state index in [4.69, 9.17) is 0 Å². The van der Waals surface area contributed by atoms with Gasteiger partial charge in [-0.2, -0.15) is 0 Å². The van der Waals surface area contributed by atoms with Crippen molar-refractivity contribution in [3.63, 3.8) is 0 Å². The molecule has 0 atom stereocenters. The number of hydrogen-bond acceptors (Lipinski definition) is 5. The van der Waals surface area contributed by atoms with Crippen LogP contribution in [0.5, 0.6) is 0 Å². The lowest BCUT2D eigenvalue weighted by Gasteiger charge is -2.23. The number of amides is 1. The highest BCUT2D eigenvalue weighted by Crippen LogP contribution is 2.16. The highest BCUT2D eigenvalue weighted by molar-refractivity contribution is 7.92. The van der Waals surface area contributed by atoms with Gasteiger partial charge in [-0.15, -0.1) is 0 Å².